The number of hydrogen-bond acceptors (Lipinski definition) is 6. The maximum atomic E-state index is 11.4. The molecule has 106 valence electrons. The van der Waals surface area contributed by atoms with Crippen molar-refractivity contribution in [2.24, 2.45) is 0 Å². The number of thioether (sulfide) groups is 1. The second-order valence-corrected chi connectivity index (χ2v) is 5.03. The van der Waals surface area contributed by atoms with Crippen molar-refractivity contribution < 1.29 is 9.53 Å². The summed E-state index contributed by atoms with van der Waals surface area (Å²) >= 11 is 1.39. The fraction of sp³-hybridized carbons (Fsp3) is 0.615. The van der Waals surface area contributed by atoms with Crippen molar-refractivity contribution in [1.29, 1.82) is 0 Å². The second-order valence-electron chi connectivity index (χ2n) is 4.07. The summed E-state index contributed by atoms with van der Waals surface area (Å²) < 4.78 is 4.91. The van der Waals surface area contributed by atoms with Gasteiger partial charge < -0.3 is 10.1 Å². The predicted molar refractivity (Wildman–Crippen MR) is 77.6 cm³/mol. The van der Waals surface area contributed by atoms with E-state index >= 15 is 0 Å². The van der Waals surface area contributed by atoms with Gasteiger partial charge in [0.15, 0.2) is 0 Å². The van der Waals surface area contributed by atoms with E-state index < -0.39 is 0 Å². The quantitative estimate of drug-likeness (QED) is 0.471. The summed E-state index contributed by atoms with van der Waals surface area (Å²) in [6, 6.07) is 0. The third-order valence-electron chi connectivity index (χ3n) is 2.39. The van der Waals surface area contributed by atoms with Crippen LogP contribution in [0, 0.1) is 13.8 Å². The van der Waals surface area contributed by atoms with Gasteiger partial charge in [-0.1, -0.05) is 18.7 Å². The van der Waals surface area contributed by atoms with Crippen LogP contribution in [-0.2, 0) is 9.53 Å². The van der Waals surface area contributed by atoms with Crippen LogP contribution in [0.3, 0.4) is 0 Å². The molecular formula is C13H21N3O2S. The summed E-state index contributed by atoms with van der Waals surface area (Å²) in [7, 11) is 0. The van der Waals surface area contributed by atoms with Crippen LogP contribution in [0.1, 0.15) is 31.7 Å². The Balaban J connectivity index is 2.76. The van der Waals surface area contributed by atoms with Crippen LogP contribution in [0.25, 0.3) is 0 Å². The van der Waals surface area contributed by atoms with Gasteiger partial charge in [-0.2, -0.15) is 0 Å². The minimum absolute atomic E-state index is 0.216. The van der Waals surface area contributed by atoms with Gasteiger partial charge in [0.1, 0.15) is 16.7 Å². The molecule has 6 heteroatoms. The van der Waals surface area contributed by atoms with Gasteiger partial charge in [0, 0.05) is 12.1 Å². The average molecular weight is 283 g/mol. The molecule has 5 nitrogen and oxygen atoms in total. The predicted octanol–water partition coefficient (Wildman–Crippen LogP) is 2.57. The Morgan fingerprint density at radius 2 is 2.05 bits per heavy atom. The standard InChI is InChI=1S/C13H21N3O2S/c1-5-7-14-12-9(3)13(16-10(4)15-12)19-8-11(17)18-6-2/h5-8H2,1-4H3,(H,14,15,16). The molecule has 0 bridgehead atoms. The van der Waals surface area contributed by atoms with Crippen LogP contribution < -0.4 is 5.32 Å². The highest BCUT2D eigenvalue weighted by Crippen LogP contribution is 2.25. The normalized spacial score (nSPS) is 10.3. The molecule has 1 rings (SSSR count). The largest absolute Gasteiger partial charge is 0.465 e. The Morgan fingerprint density at radius 3 is 2.68 bits per heavy atom. The number of rotatable bonds is 7. The lowest BCUT2D eigenvalue weighted by Crippen LogP contribution is -2.09. The highest BCUT2D eigenvalue weighted by Gasteiger charge is 2.11. The zero-order valence-corrected chi connectivity index (χ0v) is 12.8. The first kappa shape index (κ1) is 15.8. The van der Waals surface area contributed by atoms with E-state index in [1.807, 2.05) is 13.8 Å². The molecule has 1 aromatic rings. The Kier molecular flexibility index (Phi) is 6.62. The van der Waals surface area contributed by atoms with Crippen LogP contribution in [0.15, 0.2) is 5.03 Å². The lowest BCUT2D eigenvalue weighted by molar-refractivity contribution is -0.139. The Morgan fingerprint density at radius 1 is 1.32 bits per heavy atom. The Hall–Kier alpha value is -1.30. The first-order chi connectivity index (χ1) is 9.08. The van der Waals surface area contributed by atoms with Crippen LogP contribution >= 0.6 is 11.8 Å². The maximum Gasteiger partial charge on any atom is 0.316 e. The molecule has 1 aromatic heterocycles. The molecule has 0 aliphatic rings. The van der Waals surface area contributed by atoms with Crippen LogP contribution in [-0.4, -0.2) is 34.8 Å². The molecule has 0 fully saturated rings. The Bertz CT molecular complexity index is 438. The number of carbonyl (C=O) groups is 1. The Labute approximate surface area is 118 Å². The molecule has 0 aromatic carbocycles. The van der Waals surface area contributed by atoms with Crippen LogP contribution in [0.5, 0.6) is 0 Å². The van der Waals surface area contributed by atoms with E-state index in [0.29, 0.717) is 12.4 Å². The van der Waals surface area contributed by atoms with Gasteiger partial charge in [-0.05, 0) is 27.2 Å². The average Bonchev–Trinajstić information content (AvgIpc) is 2.38. The zero-order valence-electron chi connectivity index (χ0n) is 11.9. The van der Waals surface area contributed by atoms with Crippen molar-refractivity contribution in [1.82, 2.24) is 9.97 Å². The van der Waals surface area contributed by atoms with Gasteiger partial charge >= 0.3 is 5.97 Å². The van der Waals surface area contributed by atoms with Crippen molar-refractivity contribution in [2.45, 2.75) is 39.1 Å². The fourth-order valence-electron chi connectivity index (χ4n) is 1.49. The first-order valence-electron chi connectivity index (χ1n) is 6.46. The summed E-state index contributed by atoms with van der Waals surface area (Å²) in [5, 5.41) is 4.11. The monoisotopic (exact) mass is 283 g/mol. The van der Waals surface area contributed by atoms with E-state index in [1.54, 1.807) is 6.92 Å². The molecule has 0 amide bonds. The molecule has 1 heterocycles. The molecule has 0 aliphatic carbocycles. The lowest BCUT2D eigenvalue weighted by Gasteiger charge is -2.11. The number of nitrogens with zero attached hydrogens (tertiary/aromatic N) is 2. The summed E-state index contributed by atoms with van der Waals surface area (Å²) in [6.45, 7) is 9.00. The molecule has 0 saturated carbocycles. The van der Waals surface area contributed by atoms with Crippen molar-refractivity contribution >= 4 is 23.5 Å². The maximum absolute atomic E-state index is 11.4. The third-order valence-corrected chi connectivity index (χ3v) is 3.44. The minimum Gasteiger partial charge on any atom is -0.465 e. The number of nitrogens with one attached hydrogen (secondary N) is 1. The van der Waals surface area contributed by atoms with Crippen LogP contribution in [0.4, 0.5) is 5.82 Å². The van der Waals surface area contributed by atoms with E-state index in [2.05, 4.69) is 22.2 Å². The number of aromatic nitrogens is 2. The zero-order chi connectivity index (χ0) is 14.3. The van der Waals surface area contributed by atoms with E-state index in [4.69, 9.17) is 4.74 Å². The first-order valence-corrected chi connectivity index (χ1v) is 7.44. The third kappa shape index (κ3) is 5.06. The molecular weight excluding hydrogens is 262 g/mol. The van der Waals surface area contributed by atoms with Gasteiger partial charge in [0.2, 0.25) is 0 Å². The van der Waals surface area contributed by atoms with E-state index in [9.17, 15) is 4.79 Å². The SMILES string of the molecule is CCCNc1nc(C)nc(SCC(=O)OCC)c1C. The summed E-state index contributed by atoms with van der Waals surface area (Å²) in [6.07, 6.45) is 1.04. The molecule has 0 spiro atoms. The van der Waals surface area contributed by atoms with Gasteiger partial charge in [-0.25, -0.2) is 9.97 Å². The lowest BCUT2D eigenvalue weighted by atomic mass is 10.3. The number of carbonyl (C=O) groups excluding carboxylic acids is 1. The number of ether oxygens (including phenoxy) is 1. The van der Waals surface area contributed by atoms with Crippen LogP contribution in [0.2, 0.25) is 0 Å². The van der Waals surface area contributed by atoms with Gasteiger partial charge in [0.25, 0.3) is 0 Å². The van der Waals surface area contributed by atoms with Gasteiger partial charge in [0.05, 0.1) is 12.4 Å². The number of anilines is 1. The van der Waals surface area contributed by atoms with E-state index in [-0.39, 0.29) is 11.7 Å². The van der Waals surface area contributed by atoms with Gasteiger partial charge in [-0.15, -0.1) is 0 Å². The molecule has 1 N–H and O–H groups in total. The fourth-order valence-corrected chi connectivity index (χ4v) is 2.34. The van der Waals surface area contributed by atoms with Crippen molar-refractivity contribution in [3.8, 4) is 0 Å². The molecule has 0 aliphatic heterocycles. The van der Waals surface area contributed by atoms with Crippen molar-refractivity contribution in [2.75, 3.05) is 24.2 Å². The van der Waals surface area contributed by atoms with Crippen molar-refractivity contribution in [3.63, 3.8) is 0 Å². The number of esters is 1. The van der Waals surface area contributed by atoms with E-state index in [1.165, 1.54) is 11.8 Å². The molecule has 19 heavy (non-hydrogen) atoms. The topological polar surface area (TPSA) is 64.1 Å². The highest BCUT2D eigenvalue weighted by molar-refractivity contribution is 7.99. The molecule has 0 unspecified atom stereocenters. The highest BCUT2D eigenvalue weighted by atomic mass is 32.2. The summed E-state index contributed by atoms with van der Waals surface area (Å²) in [5.41, 5.74) is 0.980. The van der Waals surface area contributed by atoms with Gasteiger partial charge in [-0.3, -0.25) is 4.79 Å². The summed E-state index contributed by atoms with van der Waals surface area (Å²) in [5.74, 6) is 1.61. The molecule has 0 radical (unpaired) electrons. The molecule has 0 atom stereocenters. The van der Waals surface area contributed by atoms with E-state index in [0.717, 1.165) is 29.4 Å². The molecule has 0 saturated heterocycles. The second kappa shape index (κ2) is 7.99. The summed E-state index contributed by atoms with van der Waals surface area (Å²) in [4.78, 5) is 20.1. The number of aryl methyl sites for hydroxylation is 1. The van der Waals surface area contributed by atoms with Crippen molar-refractivity contribution in [3.05, 3.63) is 11.4 Å². The smallest absolute Gasteiger partial charge is 0.316 e. The minimum atomic E-state index is -0.216. The number of hydrogen-bond donors (Lipinski definition) is 1.